The number of ether oxygens (including phenoxy) is 1. The van der Waals surface area contributed by atoms with Crippen LogP contribution in [0.25, 0.3) is 0 Å². The highest BCUT2D eigenvalue weighted by molar-refractivity contribution is 5.89. The number of alkyl halides is 3. The van der Waals surface area contributed by atoms with Crippen molar-refractivity contribution in [2.45, 2.75) is 6.18 Å². The van der Waals surface area contributed by atoms with Gasteiger partial charge < -0.3 is 15.6 Å². The average Bonchev–Trinajstić information content (AvgIpc) is 2.40. The molecule has 2 aromatic carbocycles. The van der Waals surface area contributed by atoms with Gasteiger partial charge in [0, 0.05) is 0 Å². The second kappa shape index (κ2) is 5.35. The van der Waals surface area contributed by atoms with Gasteiger partial charge in [0.15, 0.2) is 0 Å². The summed E-state index contributed by atoms with van der Waals surface area (Å²) in [7, 11) is 0. The summed E-state index contributed by atoms with van der Waals surface area (Å²) in [6.45, 7) is 0. The standard InChI is InChI=1S/C14H10F3NO3/c15-14(16,17)9-3-1-2-4-11(9)21-12-6-5-8(13(19)20)7-10(12)18/h1-7H,18H2,(H,19,20). The lowest BCUT2D eigenvalue weighted by molar-refractivity contribution is -0.138. The minimum atomic E-state index is -4.56. The molecule has 0 spiro atoms. The Kier molecular flexibility index (Phi) is 3.75. The molecule has 3 N–H and O–H groups in total. The Bertz CT molecular complexity index is 683. The van der Waals surface area contributed by atoms with Crippen LogP contribution in [-0.2, 0) is 6.18 Å². The van der Waals surface area contributed by atoms with E-state index >= 15 is 0 Å². The van der Waals surface area contributed by atoms with Gasteiger partial charge in [-0.25, -0.2) is 4.79 Å². The third-order valence-electron chi connectivity index (χ3n) is 2.67. The van der Waals surface area contributed by atoms with Crippen LogP contribution in [0.2, 0.25) is 0 Å². The molecule has 0 aliphatic carbocycles. The van der Waals surface area contributed by atoms with Gasteiger partial charge in [-0.15, -0.1) is 0 Å². The quantitative estimate of drug-likeness (QED) is 0.846. The molecule has 110 valence electrons. The molecule has 2 aromatic rings. The maximum atomic E-state index is 12.8. The van der Waals surface area contributed by atoms with Gasteiger partial charge in [-0.2, -0.15) is 13.2 Å². The number of aromatic carboxylic acids is 1. The lowest BCUT2D eigenvalue weighted by Gasteiger charge is -2.14. The van der Waals surface area contributed by atoms with Gasteiger partial charge in [0.05, 0.1) is 16.8 Å². The molecule has 0 radical (unpaired) electrons. The Labute approximate surface area is 117 Å². The van der Waals surface area contributed by atoms with E-state index in [9.17, 15) is 18.0 Å². The minimum absolute atomic E-state index is 0.0447. The molecule has 4 nitrogen and oxygen atoms in total. The second-order valence-electron chi connectivity index (χ2n) is 4.15. The first kappa shape index (κ1) is 14.7. The van der Waals surface area contributed by atoms with Crippen LogP contribution in [0.5, 0.6) is 11.5 Å². The number of anilines is 1. The fourth-order valence-electron chi connectivity index (χ4n) is 1.68. The van der Waals surface area contributed by atoms with Gasteiger partial charge in [0.1, 0.15) is 11.5 Å². The van der Waals surface area contributed by atoms with E-state index in [1.807, 2.05) is 0 Å². The van der Waals surface area contributed by atoms with E-state index in [0.29, 0.717) is 0 Å². The maximum Gasteiger partial charge on any atom is 0.419 e. The summed E-state index contributed by atoms with van der Waals surface area (Å²) in [6, 6.07) is 8.22. The van der Waals surface area contributed by atoms with Crippen LogP contribution in [0, 0.1) is 0 Å². The Balaban J connectivity index is 2.38. The van der Waals surface area contributed by atoms with E-state index < -0.39 is 23.5 Å². The van der Waals surface area contributed by atoms with Gasteiger partial charge in [0.2, 0.25) is 0 Å². The number of carbonyl (C=O) groups is 1. The molecule has 7 heteroatoms. The third kappa shape index (κ3) is 3.25. The first-order valence-corrected chi connectivity index (χ1v) is 5.76. The molecule has 0 saturated carbocycles. The first-order valence-electron chi connectivity index (χ1n) is 5.76. The highest BCUT2D eigenvalue weighted by Crippen LogP contribution is 2.39. The third-order valence-corrected chi connectivity index (χ3v) is 2.67. The lowest BCUT2D eigenvalue weighted by atomic mass is 10.1. The summed E-state index contributed by atoms with van der Waals surface area (Å²) in [4.78, 5) is 10.8. The van der Waals surface area contributed by atoms with Crippen molar-refractivity contribution in [3.05, 3.63) is 53.6 Å². The van der Waals surface area contributed by atoms with Crippen molar-refractivity contribution in [3.63, 3.8) is 0 Å². The smallest absolute Gasteiger partial charge is 0.419 e. The number of nitrogens with two attached hydrogens (primary N) is 1. The second-order valence-corrected chi connectivity index (χ2v) is 4.15. The molecular weight excluding hydrogens is 287 g/mol. The predicted octanol–water partition coefficient (Wildman–Crippen LogP) is 3.78. The van der Waals surface area contributed by atoms with E-state index in [1.165, 1.54) is 24.3 Å². The SMILES string of the molecule is Nc1cc(C(=O)O)ccc1Oc1ccccc1C(F)(F)F. The van der Waals surface area contributed by atoms with Gasteiger partial charge in [-0.05, 0) is 30.3 Å². The monoisotopic (exact) mass is 297 g/mol. The van der Waals surface area contributed by atoms with E-state index in [-0.39, 0.29) is 17.0 Å². The molecule has 0 heterocycles. The normalized spacial score (nSPS) is 11.2. The highest BCUT2D eigenvalue weighted by atomic mass is 19.4. The molecule has 0 saturated heterocycles. The van der Waals surface area contributed by atoms with Crippen molar-refractivity contribution in [3.8, 4) is 11.5 Å². The number of rotatable bonds is 3. The Morgan fingerprint density at radius 1 is 1.10 bits per heavy atom. The summed E-state index contributed by atoms with van der Waals surface area (Å²) in [6.07, 6.45) is -4.56. The number of benzene rings is 2. The minimum Gasteiger partial charge on any atom is -0.478 e. The van der Waals surface area contributed by atoms with Crippen molar-refractivity contribution in [2.24, 2.45) is 0 Å². The summed E-state index contributed by atoms with van der Waals surface area (Å²) in [5.74, 6) is -1.64. The summed E-state index contributed by atoms with van der Waals surface area (Å²) in [5, 5.41) is 8.80. The summed E-state index contributed by atoms with van der Waals surface area (Å²) in [5.41, 5.74) is 4.52. The maximum absolute atomic E-state index is 12.8. The number of hydrogen-bond donors (Lipinski definition) is 2. The van der Waals surface area contributed by atoms with Crippen molar-refractivity contribution < 1.29 is 27.8 Å². The highest BCUT2D eigenvalue weighted by Gasteiger charge is 2.34. The van der Waals surface area contributed by atoms with Crippen molar-refractivity contribution >= 4 is 11.7 Å². The largest absolute Gasteiger partial charge is 0.478 e. The number of carboxylic acids is 1. The molecular formula is C14H10F3NO3. The van der Waals surface area contributed by atoms with Crippen LogP contribution in [0.3, 0.4) is 0 Å². The molecule has 0 aliphatic heterocycles. The Morgan fingerprint density at radius 2 is 1.76 bits per heavy atom. The van der Waals surface area contributed by atoms with Gasteiger partial charge >= 0.3 is 12.1 Å². The zero-order valence-corrected chi connectivity index (χ0v) is 10.5. The van der Waals surface area contributed by atoms with Crippen molar-refractivity contribution in [2.75, 3.05) is 5.73 Å². The lowest BCUT2D eigenvalue weighted by Crippen LogP contribution is -2.07. The average molecular weight is 297 g/mol. The van der Waals surface area contributed by atoms with Gasteiger partial charge in [0.25, 0.3) is 0 Å². The van der Waals surface area contributed by atoms with E-state index in [2.05, 4.69) is 0 Å². The number of nitrogen functional groups attached to an aromatic ring is 1. The fraction of sp³-hybridized carbons (Fsp3) is 0.0714. The van der Waals surface area contributed by atoms with Crippen molar-refractivity contribution in [1.29, 1.82) is 0 Å². The summed E-state index contributed by atoms with van der Waals surface area (Å²) < 4.78 is 43.7. The number of para-hydroxylation sites is 1. The van der Waals surface area contributed by atoms with Crippen LogP contribution < -0.4 is 10.5 Å². The molecule has 0 unspecified atom stereocenters. The topological polar surface area (TPSA) is 72.6 Å². The summed E-state index contributed by atoms with van der Waals surface area (Å²) >= 11 is 0. The molecule has 0 bridgehead atoms. The van der Waals surface area contributed by atoms with Crippen LogP contribution in [0.15, 0.2) is 42.5 Å². The Hall–Kier alpha value is -2.70. The molecule has 0 fully saturated rings. The number of hydrogen-bond acceptors (Lipinski definition) is 3. The first-order chi connectivity index (χ1) is 9.79. The molecule has 0 atom stereocenters. The molecule has 0 aromatic heterocycles. The van der Waals surface area contributed by atoms with Gasteiger partial charge in [-0.1, -0.05) is 12.1 Å². The van der Waals surface area contributed by atoms with Crippen LogP contribution in [-0.4, -0.2) is 11.1 Å². The van der Waals surface area contributed by atoms with E-state index in [0.717, 1.165) is 18.2 Å². The predicted molar refractivity (Wildman–Crippen MR) is 69.3 cm³/mol. The van der Waals surface area contributed by atoms with E-state index in [1.54, 1.807) is 0 Å². The van der Waals surface area contributed by atoms with Gasteiger partial charge in [-0.3, -0.25) is 0 Å². The number of halogens is 3. The van der Waals surface area contributed by atoms with E-state index in [4.69, 9.17) is 15.6 Å². The molecule has 0 amide bonds. The van der Waals surface area contributed by atoms with Crippen LogP contribution in [0.1, 0.15) is 15.9 Å². The zero-order chi connectivity index (χ0) is 15.6. The molecule has 2 rings (SSSR count). The zero-order valence-electron chi connectivity index (χ0n) is 10.5. The number of carboxylic acid groups (broad SMARTS) is 1. The fourth-order valence-corrected chi connectivity index (χ4v) is 1.68. The van der Waals surface area contributed by atoms with Crippen LogP contribution >= 0.6 is 0 Å². The molecule has 0 aliphatic rings. The van der Waals surface area contributed by atoms with Crippen molar-refractivity contribution in [1.82, 2.24) is 0 Å². The van der Waals surface area contributed by atoms with Crippen LogP contribution in [0.4, 0.5) is 18.9 Å². The Morgan fingerprint density at radius 3 is 2.33 bits per heavy atom. The molecule has 21 heavy (non-hydrogen) atoms.